The molecule has 0 saturated carbocycles. The Kier molecular flexibility index (Phi) is 6.45. The van der Waals surface area contributed by atoms with Gasteiger partial charge in [-0.2, -0.15) is 0 Å². The van der Waals surface area contributed by atoms with Crippen LogP contribution < -0.4 is 15.4 Å². The van der Waals surface area contributed by atoms with Crippen molar-refractivity contribution in [2.75, 3.05) is 26.2 Å². The van der Waals surface area contributed by atoms with E-state index in [0.717, 1.165) is 18.7 Å². The van der Waals surface area contributed by atoms with Gasteiger partial charge >= 0.3 is 6.03 Å². The van der Waals surface area contributed by atoms with Gasteiger partial charge in [-0.15, -0.1) is 0 Å². The number of nitrogens with one attached hydrogen (secondary N) is 2. The predicted molar refractivity (Wildman–Crippen MR) is 85.9 cm³/mol. The molecule has 2 heterocycles. The first-order valence-corrected chi connectivity index (χ1v) is 8.03. The van der Waals surface area contributed by atoms with Crippen molar-refractivity contribution in [3.8, 4) is 5.88 Å². The number of urea groups is 1. The van der Waals surface area contributed by atoms with E-state index in [-0.39, 0.29) is 6.03 Å². The summed E-state index contributed by atoms with van der Waals surface area (Å²) in [5.41, 5.74) is 0.882. The predicted octanol–water partition coefficient (Wildman–Crippen LogP) is 1.76. The van der Waals surface area contributed by atoms with E-state index in [4.69, 9.17) is 4.74 Å². The Bertz CT molecular complexity index is 475. The molecule has 0 unspecified atom stereocenters. The number of hydrogen-bond acceptors (Lipinski definition) is 4. The Morgan fingerprint density at radius 3 is 2.91 bits per heavy atom. The SMILES string of the molecule is CCOc1ncccc1CNC(=O)NC[C@@H](C)N1CCCC1. The molecular weight excluding hydrogens is 280 g/mol. The molecule has 22 heavy (non-hydrogen) atoms. The van der Waals surface area contributed by atoms with Gasteiger partial charge in [0, 0.05) is 30.9 Å². The van der Waals surface area contributed by atoms with Gasteiger partial charge in [0.1, 0.15) is 0 Å². The van der Waals surface area contributed by atoms with Crippen LogP contribution in [0.5, 0.6) is 5.88 Å². The molecule has 6 heteroatoms. The van der Waals surface area contributed by atoms with E-state index in [9.17, 15) is 4.79 Å². The van der Waals surface area contributed by atoms with Gasteiger partial charge in [0.2, 0.25) is 5.88 Å². The normalized spacial score (nSPS) is 16.3. The first-order chi connectivity index (χ1) is 10.7. The highest BCUT2D eigenvalue weighted by Crippen LogP contribution is 2.13. The van der Waals surface area contributed by atoms with Gasteiger partial charge in [-0.05, 0) is 45.8 Å². The molecule has 1 aromatic heterocycles. The Morgan fingerprint density at radius 2 is 2.18 bits per heavy atom. The topological polar surface area (TPSA) is 66.5 Å². The van der Waals surface area contributed by atoms with E-state index in [0.29, 0.717) is 31.6 Å². The molecule has 1 fully saturated rings. The highest BCUT2D eigenvalue weighted by Gasteiger charge is 2.18. The maximum Gasteiger partial charge on any atom is 0.315 e. The van der Waals surface area contributed by atoms with Gasteiger partial charge in [0.15, 0.2) is 0 Å². The van der Waals surface area contributed by atoms with Crippen LogP contribution in [-0.2, 0) is 6.54 Å². The Morgan fingerprint density at radius 1 is 1.41 bits per heavy atom. The molecule has 1 atom stereocenters. The van der Waals surface area contributed by atoms with E-state index in [1.54, 1.807) is 6.20 Å². The molecule has 1 aromatic rings. The summed E-state index contributed by atoms with van der Waals surface area (Å²) in [6.07, 6.45) is 4.21. The summed E-state index contributed by atoms with van der Waals surface area (Å²) in [7, 11) is 0. The fourth-order valence-corrected chi connectivity index (χ4v) is 2.62. The monoisotopic (exact) mass is 306 g/mol. The molecule has 1 saturated heterocycles. The van der Waals surface area contributed by atoms with Crippen molar-refractivity contribution >= 4 is 6.03 Å². The lowest BCUT2D eigenvalue weighted by atomic mass is 10.2. The average molecular weight is 306 g/mol. The second kappa shape index (κ2) is 8.58. The summed E-state index contributed by atoms with van der Waals surface area (Å²) in [5, 5.41) is 5.78. The van der Waals surface area contributed by atoms with E-state index in [2.05, 4.69) is 27.4 Å². The van der Waals surface area contributed by atoms with Gasteiger partial charge in [-0.1, -0.05) is 6.07 Å². The van der Waals surface area contributed by atoms with Gasteiger partial charge in [-0.3, -0.25) is 4.90 Å². The number of amides is 2. The van der Waals surface area contributed by atoms with Crippen LogP contribution in [0.15, 0.2) is 18.3 Å². The van der Waals surface area contributed by atoms with Crippen LogP contribution in [0.25, 0.3) is 0 Å². The molecule has 1 aliphatic rings. The second-order valence-electron chi connectivity index (χ2n) is 5.56. The number of hydrogen-bond donors (Lipinski definition) is 2. The van der Waals surface area contributed by atoms with Crippen molar-refractivity contribution in [3.63, 3.8) is 0 Å². The maximum absolute atomic E-state index is 11.9. The highest BCUT2D eigenvalue weighted by molar-refractivity contribution is 5.73. The first-order valence-electron chi connectivity index (χ1n) is 8.03. The van der Waals surface area contributed by atoms with Crippen LogP contribution in [0.4, 0.5) is 4.79 Å². The zero-order valence-electron chi connectivity index (χ0n) is 13.5. The molecule has 0 aromatic carbocycles. The van der Waals surface area contributed by atoms with Gasteiger partial charge in [0.05, 0.1) is 6.61 Å². The zero-order chi connectivity index (χ0) is 15.8. The third-order valence-corrected chi connectivity index (χ3v) is 3.89. The Labute approximate surface area is 132 Å². The fourth-order valence-electron chi connectivity index (χ4n) is 2.62. The van der Waals surface area contributed by atoms with Crippen LogP contribution >= 0.6 is 0 Å². The Balaban J connectivity index is 1.73. The van der Waals surface area contributed by atoms with Crippen LogP contribution in [0.2, 0.25) is 0 Å². The lowest BCUT2D eigenvalue weighted by Gasteiger charge is -2.23. The molecular formula is C16H26N4O2. The van der Waals surface area contributed by atoms with Crippen molar-refractivity contribution < 1.29 is 9.53 Å². The average Bonchev–Trinajstić information content (AvgIpc) is 3.06. The third kappa shape index (κ3) is 4.87. The fraction of sp³-hybridized carbons (Fsp3) is 0.625. The summed E-state index contributed by atoms with van der Waals surface area (Å²) < 4.78 is 5.45. The molecule has 2 N–H and O–H groups in total. The minimum atomic E-state index is -0.155. The molecule has 0 radical (unpaired) electrons. The van der Waals surface area contributed by atoms with Crippen molar-refractivity contribution in [1.29, 1.82) is 0 Å². The van der Waals surface area contributed by atoms with Crippen molar-refractivity contribution in [2.45, 2.75) is 39.3 Å². The molecule has 1 aliphatic heterocycles. The first kappa shape index (κ1) is 16.5. The van der Waals surface area contributed by atoms with Crippen molar-refractivity contribution in [1.82, 2.24) is 20.5 Å². The number of likely N-dealkylation sites (tertiary alicyclic amines) is 1. The molecule has 122 valence electrons. The number of aromatic nitrogens is 1. The van der Waals surface area contributed by atoms with Gasteiger partial charge in [-0.25, -0.2) is 9.78 Å². The van der Waals surface area contributed by atoms with Crippen LogP contribution in [0.3, 0.4) is 0 Å². The lowest BCUT2D eigenvalue weighted by Crippen LogP contribution is -2.44. The number of carbonyl (C=O) groups excluding carboxylic acids is 1. The number of nitrogens with zero attached hydrogens (tertiary/aromatic N) is 2. The van der Waals surface area contributed by atoms with Crippen LogP contribution in [0.1, 0.15) is 32.3 Å². The summed E-state index contributed by atoms with van der Waals surface area (Å²) in [4.78, 5) is 18.5. The van der Waals surface area contributed by atoms with E-state index < -0.39 is 0 Å². The van der Waals surface area contributed by atoms with Crippen LogP contribution in [-0.4, -0.2) is 48.2 Å². The third-order valence-electron chi connectivity index (χ3n) is 3.89. The largest absolute Gasteiger partial charge is 0.478 e. The molecule has 0 spiro atoms. The minimum Gasteiger partial charge on any atom is -0.478 e. The summed E-state index contributed by atoms with van der Waals surface area (Å²) in [6.45, 7) is 7.97. The van der Waals surface area contributed by atoms with Crippen molar-refractivity contribution in [3.05, 3.63) is 23.9 Å². The summed E-state index contributed by atoms with van der Waals surface area (Å²) in [5.74, 6) is 0.579. The number of pyridine rings is 1. The second-order valence-corrected chi connectivity index (χ2v) is 5.56. The maximum atomic E-state index is 11.9. The minimum absolute atomic E-state index is 0.155. The lowest BCUT2D eigenvalue weighted by molar-refractivity contribution is 0.226. The highest BCUT2D eigenvalue weighted by atomic mass is 16.5. The molecule has 0 aliphatic carbocycles. The molecule has 6 nitrogen and oxygen atoms in total. The molecule has 2 rings (SSSR count). The molecule has 0 bridgehead atoms. The van der Waals surface area contributed by atoms with Gasteiger partial charge < -0.3 is 15.4 Å². The summed E-state index contributed by atoms with van der Waals surface area (Å²) in [6, 6.07) is 3.97. The Hall–Kier alpha value is -1.82. The number of ether oxygens (including phenoxy) is 1. The van der Waals surface area contributed by atoms with Crippen LogP contribution in [0, 0.1) is 0 Å². The van der Waals surface area contributed by atoms with Crippen molar-refractivity contribution in [2.24, 2.45) is 0 Å². The van der Waals surface area contributed by atoms with E-state index >= 15 is 0 Å². The standard InChI is InChI=1S/C16H26N4O2/c1-3-22-15-14(7-6-8-17-15)12-19-16(21)18-11-13(2)20-9-4-5-10-20/h6-8,13H,3-5,9-12H2,1-2H3,(H2,18,19,21)/t13-/m1/s1. The molecule has 2 amide bonds. The zero-order valence-corrected chi connectivity index (χ0v) is 13.5. The van der Waals surface area contributed by atoms with E-state index in [1.165, 1.54) is 12.8 Å². The van der Waals surface area contributed by atoms with E-state index in [1.807, 2.05) is 19.1 Å². The smallest absolute Gasteiger partial charge is 0.315 e. The summed E-state index contributed by atoms with van der Waals surface area (Å²) >= 11 is 0. The van der Waals surface area contributed by atoms with Gasteiger partial charge in [0.25, 0.3) is 0 Å². The number of carbonyl (C=O) groups is 1. The number of rotatable bonds is 7. The quantitative estimate of drug-likeness (QED) is 0.805.